The van der Waals surface area contributed by atoms with E-state index >= 15 is 0 Å². The van der Waals surface area contributed by atoms with E-state index in [1.165, 1.54) is 36.4 Å². The second-order valence-corrected chi connectivity index (χ2v) is 4.54. The minimum absolute atomic E-state index is 0.0371. The maximum absolute atomic E-state index is 12.4. The van der Waals surface area contributed by atoms with Crippen molar-refractivity contribution in [2.45, 2.75) is 12.5 Å². The van der Waals surface area contributed by atoms with Crippen LogP contribution in [-0.4, -0.2) is 22.2 Å². The van der Waals surface area contributed by atoms with E-state index < -0.39 is 11.8 Å². The van der Waals surface area contributed by atoms with Gasteiger partial charge in [-0.2, -0.15) is 0 Å². The highest BCUT2D eigenvalue weighted by atomic mass is 19.3. The second kappa shape index (κ2) is 7.60. The van der Waals surface area contributed by atoms with Crippen LogP contribution in [0.5, 0.6) is 5.75 Å². The summed E-state index contributed by atoms with van der Waals surface area (Å²) in [5.74, 6) is -0.543. The lowest BCUT2D eigenvalue weighted by atomic mass is 9.98. The smallest absolute Gasteiger partial charge is 0.185 e. The Kier molecular flexibility index (Phi) is 5.54. The summed E-state index contributed by atoms with van der Waals surface area (Å²) in [5.41, 5.74) is 0.816. The molecular formula is C15H13F2NO4. The van der Waals surface area contributed by atoms with Crippen LogP contribution in [0, 0.1) is 0 Å². The van der Waals surface area contributed by atoms with E-state index in [1.54, 1.807) is 18.2 Å². The lowest BCUT2D eigenvalue weighted by Crippen LogP contribution is -2.40. The molecule has 0 heterocycles. The Balaban J connectivity index is 2.26. The largest absolute Gasteiger partial charge is 0.508 e. The molecule has 0 radical (unpaired) electrons. The first kappa shape index (κ1) is 16.0. The highest BCUT2D eigenvalue weighted by Crippen LogP contribution is 2.18. The Hall–Kier alpha value is -2.35. The number of hydroxylamine groups is 2. The number of halogens is 2. The van der Waals surface area contributed by atoms with Crippen LogP contribution in [0.15, 0.2) is 54.6 Å². The SMILES string of the molecule is O=C(c1ccccc1)C(Cc1ccc(O)cc1)N(OF)OF. The highest BCUT2D eigenvalue weighted by molar-refractivity contribution is 6.00. The van der Waals surface area contributed by atoms with Gasteiger partial charge in [0.25, 0.3) is 0 Å². The lowest BCUT2D eigenvalue weighted by molar-refractivity contribution is -0.528. The third kappa shape index (κ3) is 3.85. The van der Waals surface area contributed by atoms with Crippen LogP contribution in [0.25, 0.3) is 0 Å². The Morgan fingerprint density at radius 1 is 1.05 bits per heavy atom. The Labute approximate surface area is 125 Å². The number of rotatable bonds is 7. The zero-order valence-electron chi connectivity index (χ0n) is 11.4. The summed E-state index contributed by atoms with van der Waals surface area (Å²) in [6.07, 6.45) is -0.0815. The van der Waals surface area contributed by atoms with Crippen LogP contribution in [-0.2, 0) is 16.5 Å². The van der Waals surface area contributed by atoms with Crippen molar-refractivity contribution < 1.29 is 29.0 Å². The van der Waals surface area contributed by atoms with Gasteiger partial charge in [0.2, 0.25) is 0 Å². The van der Waals surface area contributed by atoms with Gasteiger partial charge in [-0.05, 0) is 26.7 Å². The van der Waals surface area contributed by atoms with Gasteiger partial charge in [0.15, 0.2) is 5.78 Å². The van der Waals surface area contributed by atoms with Crippen molar-refractivity contribution >= 4 is 5.78 Å². The first-order chi connectivity index (χ1) is 10.7. The predicted octanol–water partition coefficient (Wildman–Crippen LogP) is 3.12. The molecule has 0 fully saturated rings. The summed E-state index contributed by atoms with van der Waals surface area (Å²) in [7, 11) is 0. The van der Waals surface area contributed by atoms with Gasteiger partial charge in [0, 0.05) is 17.2 Å². The number of nitrogens with zero attached hydrogens (tertiary/aromatic N) is 1. The number of phenolic OH excluding ortho intramolecular Hbond substituents is 1. The first-order valence-electron chi connectivity index (χ1n) is 6.39. The van der Waals surface area contributed by atoms with Crippen molar-refractivity contribution in [2.75, 3.05) is 0 Å². The molecule has 7 heteroatoms. The molecular weight excluding hydrogens is 296 g/mol. The molecule has 1 unspecified atom stereocenters. The topological polar surface area (TPSA) is 59.0 Å². The van der Waals surface area contributed by atoms with Crippen LogP contribution in [0.4, 0.5) is 9.05 Å². The van der Waals surface area contributed by atoms with Gasteiger partial charge in [0.1, 0.15) is 11.8 Å². The van der Waals surface area contributed by atoms with E-state index in [2.05, 4.69) is 10.1 Å². The lowest BCUT2D eigenvalue weighted by Gasteiger charge is -2.20. The number of phenols is 1. The molecule has 116 valence electrons. The van der Waals surface area contributed by atoms with Crippen molar-refractivity contribution in [3.63, 3.8) is 0 Å². The highest BCUT2D eigenvalue weighted by Gasteiger charge is 2.31. The van der Waals surface area contributed by atoms with Crippen molar-refractivity contribution in [1.29, 1.82) is 0 Å². The molecule has 2 aromatic rings. The fourth-order valence-electron chi connectivity index (χ4n) is 2.02. The number of ketones is 1. The number of carbonyl (C=O) groups is 1. The quantitative estimate of drug-likeness (QED) is 0.629. The van der Waals surface area contributed by atoms with Gasteiger partial charge in [-0.25, -0.2) is 0 Å². The average molecular weight is 309 g/mol. The molecule has 0 aliphatic carbocycles. The van der Waals surface area contributed by atoms with E-state index in [1.807, 2.05) is 0 Å². The molecule has 22 heavy (non-hydrogen) atoms. The van der Waals surface area contributed by atoms with Gasteiger partial charge in [-0.3, -0.25) is 4.79 Å². The van der Waals surface area contributed by atoms with Crippen LogP contribution in [0.1, 0.15) is 15.9 Å². The summed E-state index contributed by atoms with van der Waals surface area (Å²) in [6, 6.07) is 12.5. The standard InChI is InChI=1S/C15H13F2NO4/c16-21-18(22-17)14(10-11-6-8-13(19)9-7-11)15(20)12-4-2-1-3-5-12/h1-9,14,19H,10H2. The molecule has 1 N–H and O–H groups in total. The van der Waals surface area contributed by atoms with Gasteiger partial charge in [-0.15, -0.1) is 0 Å². The molecule has 2 aromatic carbocycles. The molecule has 0 spiro atoms. The minimum atomic E-state index is -1.37. The average Bonchev–Trinajstić information content (AvgIpc) is 2.57. The minimum Gasteiger partial charge on any atom is -0.508 e. The number of hydrogen-bond donors (Lipinski definition) is 1. The van der Waals surface area contributed by atoms with Gasteiger partial charge in [-0.1, -0.05) is 52.5 Å². The molecule has 0 bridgehead atoms. The van der Waals surface area contributed by atoms with Crippen molar-refractivity contribution in [3.8, 4) is 5.75 Å². The molecule has 2 rings (SSSR count). The van der Waals surface area contributed by atoms with E-state index in [-0.39, 0.29) is 23.0 Å². The maximum atomic E-state index is 12.4. The number of benzene rings is 2. The molecule has 1 atom stereocenters. The monoisotopic (exact) mass is 309 g/mol. The van der Waals surface area contributed by atoms with Crippen LogP contribution < -0.4 is 0 Å². The van der Waals surface area contributed by atoms with Crippen LogP contribution in [0.3, 0.4) is 0 Å². The molecule has 0 aliphatic heterocycles. The van der Waals surface area contributed by atoms with E-state index in [9.17, 15) is 19.0 Å². The normalized spacial score (nSPS) is 12.3. The van der Waals surface area contributed by atoms with Crippen molar-refractivity contribution in [3.05, 3.63) is 65.7 Å². The van der Waals surface area contributed by atoms with E-state index in [0.717, 1.165) is 0 Å². The van der Waals surface area contributed by atoms with Gasteiger partial charge < -0.3 is 5.11 Å². The molecule has 5 nitrogen and oxygen atoms in total. The predicted molar refractivity (Wildman–Crippen MR) is 72.6 cm³/mol. The Bertz CT molecular complexity index is 603. The number of carbonyl (C=O) groups excluding carboxylic acids is 1. The zero-order valence-corrected chi connectivity index (χ0v) is 11.4. The van der Waals surface area contributed by atoms with Crippen molar-refractivity contribution in [1.82, 2.24) is 5.23 Å². The van der Waals surface area contributed by atoms with Gasteiger partial charge in [0.05, 0.1) is 0 Å². The fraction of sp³-hybridized carbons (Fsp3) is 0.133. The summed E-state index contributed by atoms with van der Waals surface area (Å²) in [6.45, 7) is 0. The number of hydrogen-bond acceptors (Lipinski definition) is 5. The summed E-state index contributed by atoms with van der Waals surface area (Å²) < 4.78 is 24.8. The second-order valence-electron chi connectivity index (χ2n) is 4.54. The Morgan fingerprint density at radius 2 is 1.64 bits per heavy atom. The molecule has 0 saturated heterocycles. The summed E-state index contributed by atoms with van der Waals surface area (Å²) in [5, 5.41) is 15.6. The fourth-order valence-corrected chi connectivity index (χ4v) is 2.02. The van der Waals surface area contributed by atoms with Gasteiger partial charge >= 0.3 is 0 Å². The molecule has 0 amide bonds. The third-order valence-corrected chi connectivity index (χ3v) is 3.12. The van der Waals surface area contributed by atoms with E-state index in [4.69, 9.17) is 0 Å². The Morgan fingerprint density at radius 3 is 2.18 bits per heavy atom. The maximum Gasteiger partial charge on any atom is 0.185 e. The van der Waals surface area contributed by atoms with E-state index in [0.29, 0.717) is 5.56 Å². The number of Topliss-reactive ketones (excluding diaryl/α,β-unsaturated/α-hetero) is 1. The van der Waals surface area contributed by atoms with Crippen LogP contribution in [0.2, 0.25) is 0 Å². The first-order valence-corrected chi connectivity index (χ1v) is 6.39. The third-order valence-electron chi connectivity index (χ3n) is 3.12. The molecule has 0 aliphatic rings. The van der Waals surface area contributed by atoms with Crippen molar-refractivity contribution in [2.24, 2.45) is 0 Å². The zero-order chi connectivity index (χ0) is 15.9. The molecule has 0 aromatic heterocycles. The summed E-state index contributed by atoms with van der Waals surface area (Å²) >= 11 is 0. The number of aromatic hydroxyl groups is 1. The summed E-state index contributed by atoms with van der Waals surface area (Å²) in [4.78, 5) is 12.4. The molecule has 0 saturated carbocycles. The van der Waals surface area contributed by atoms with Crippen LogP contribution >= 0.6 is 0 Å².